The minimum Gasteiger partial charge on any atom is -0.349 e. The first-order chi connectivity index (χ1) is 12.5. The first-order valence-electron chi connectivity index (χ1n) is 9.56. The summed E-state index contributed by atoms with van der Waals surface area (Å²) < 4.78 is 0. The van der Waals surface area contributed by atoms with Crippen LogP contribution in [0.5, 0.6) is 0 Å². The molecule has 2 saturated heterocycles. The average molecular weight is 359 g/mol. The van der Waals surface area contributed by atoms with Crippen LogP contribution in [0.1, 0.15) is 44.0 Å². The fraction of sp³-hybridized carbons (Fsp3) is 0.684. The molecule has 0 saturated carbocycles. The Balaban J connectivity index is 1.47. The summed E-state index contributed by atoms with van der Waals surface area (Å²) in [4.78, 5) is 36.9. The highest BCUT2D eigenvalue weighted by Gasteiger charge is 2.32. The maximum atomic E-state index is 12.3. The molecule has 2 amide bonds. The van der Waals surface area contributed by atoms with Gasteiger partial charge in [0.05, 0.1) is 24.1 Å². The van der Waals surface area contributed by atoms with Crippen molar-refractivity contribution in [2.24, 2.45) is 5.92 Å². The highest BCUT2D eigenvalue weighted by atomic mass is 16.2. The van der Waals surface area contributed by atoms with Crippen molar-refractivity contribution in [3.05, 3.63) is 23.8 Å². The maximum absolute atomic E-state index is 12.3. The standard InChI is InChI=1S/C19H29N5O2/c1-14(25)24-7-3-4-18(24)19(26)22-13-17-12-20-16(11-21-17)10-15-5-8-23(2)9-6-15/h11-12,15,18H,3-10,13H2,1-2H3,(H,22,26). The molecule has 1 aromatic rings. The molecule has 7 nitrogen and oxygen atoms in total. The molecule has 1 unspecified atom stereocenters. The number of nitrogens with zero attached hydrogens (tertiary/aromatic N) is 4. The summed E-state index contributed by atoms with van der Waals surface area (Å²) in [5.41, 5.74) is 1.77. The summed E-state index contributed by atoms with van der Waals surface area (Å²) in [6, 6.07) is -0.343. The van der Waals surface area contributed by atoms with E-state index in [1.54, 1.807) is 11.1 Å². The Hall–Kier alpha value is -2.02. The molecule has 2 fully saturated rings. The molecule has 1 N–H and O–H groups in total. The van der Waals surface area contributed by atoms with Gasteiger partial charge in [-0.25, -0.2) is 0 Å². The van der Waals surface area contributed by atoms with Gasteiger partial charge in [-0.1, -0.05) is 0 Å². The lowest BCUT2D eigenvalue weighted by atomic mass is 9.92. The summed E-state index contributed by atoms with van der Waals surface area (Å²) >= 11 is 0. The zero-order valence-electron chi connectivity index (χ0n) is 15.8. The normalized spacial score (nSPS) is 21.8. The van der Waals surface area contributed by atoms with Gasteiger partial charge in [0.15, 0.2) is 0 Å². The molecule has 0 aliphatic carbocycles. The molecule has 0 aromatic carbocycles. The SMILES string of the molecule is CC(=O)N1CCCC1C(=O)NCc1cnc(CC2CCN(C)CC2)cn1. The van der Waals surface area contributed by atoms with Crippen LogP contribution in [0.3, 0.4) is 0 Å². The largest absolute Gasteiger partial charge is 0.349 e. The molecule has 3 heterocycles. The third kappa shape index (κ3) is 4.78. The van der Waals surface area contributed by atoms with E-state index in [0.717, 1.165) is 43.7 Å². The van der Waals surface area contributed by atoms with Gasteiger partial charge in [-0.05, 0) is 58.2 Å². The van der Waals surface area contributed by atoms with Gasteiger partial charge in [-0.2, -0.15) is 0 Å². The molecule has 0 radical (unpaired) electrons. The van der Waals surface area contributed by atoms with Gasteiger partial charge in [0.1, 0.15) is 6.04 Å². The second kappa shape index (κ2) is 8.58. The van der Waals surface area contributed by atoms with Crippen molar-refractivity contribution in [3.63, 3.8) is 0 Å². The molecule has 2 aliphatic rings. The quantitative estimate of drug-likeness (QED) is 0.848. The highest BCUT2D eigenvalue weighted by molar-refractivity contribution is 5.87. The second-order valence-electron chi connectivity index (χ2n) is 7.54. The number of rotatable bonds is 5. The molecule has 1 aromatic heterocycles. The fourth-order valence-corrected chi connectivity index (χ4v) is 3.85. The molecular formula is C19H29N5O2. The third-order valence-electron chi connectivity index (χ3n) is 5.50. The number of likely N-dealkylation sites (tertiary alicyclic amines) is 2. The van der Waals surface area contributed by atoms with Crippen LogP contribution in [0.15, 0.2) is 12.4 Å². The molecule has 7 heteroatoms. The Bertz CT molecular complexity index is 625. The van der Waals surface area contributed by atoms with E-state index in [4.69, 9.17) is 0 Å². The molecule has 0 bridgehead atoms. The van der Waals surface area contributed by atoms with Crippen LogP contribution in [0.25, 0.3) is 0 Å². The van der Waals surface area contributed by atoms with Crippen molar-refractivity contribution in [1.82, 2.24) is 25.1 Å². The lowest BCUT2D eigenvalue weighted by Crippen LogP contribution is -2.45. The second-order valence-corrected chi connectivity index (χ2v) is 7.54. The van der Waals surface area contributed by atoms with Crippen molar-refractivity contribution in [2.45, 2.75) is 51.6 Å². The minimum atomic E-state index is -0.343. The number of hydrogen-bond acceptors (Lipinski definition) is 5. The van der Waals surface area contributed by atoms with Crippen molar-refractivity contribution in [3.8, 4) is 0 Å². The number of amides is 2. The summed E-state index contributed by atoms with van der Waals surface area (Å²) in [6.07, 6.45) is 8.59. The van der Waals surface area contributed by atoms with Crippen LogP contribution in [0.2, 0.25) is 0 Å². The lowest BCUT2D eigenvalue weighted by molar-refractivity contribution is -0.136. The van der Waals surface area contributed by atoms with Crippen molar-refractivity contribution < 1.29 is 9.59 Å². The molecule has 26 heavy (non-hydrogen) atoms. The van der Waals surface area contributed by atoms with E-state index in [2.05, 4.69) is 27.2 Å². The number of nitrogens with one attached hydrogen (secondary N) is 1. The average Bonchev–Trinajstić information content (AvgIpc) is 3.13. The Morgan fingerprint density at radius 1 is 1.12 bits per heavy atom. The van der Waals surface area contributed by atoms with Gasteiger partial charge in [-0.3, -0.25) is 19.6 Å². The summed E-state index contributed by atoms with van der Waals surface area (Å²) in [6.45, 7) is 4.84. The van der Waals surface area contributed by atoms with E-state index in [0.29, 0.717) is 19.0 Å². The Morgan fingerprint density at radius 3 is 2.46 bits per heavy atom. The van der Waals surface area contributed by atoms with Crippen LogP contribution in [0, 0.1) is 5.92 Å². The number of piperidine rings is 1. The van der Waals surface area contributed by atoms with E-state index >= 15 is 0 Å². The van der Waals surface area contributed by atoms with Gasteiger partial charge < -0.3 is 15.1 Å². The van der Waals surface area contributed by atoms with Crippen LogP contribution in [0.4, 0.5) is 0 Å². The highest BCUT2D eigenvalue weighted by Crippen LogP contribution is 2.20. The first kappa shape index (κ1) is 18.8. The summed E-state index contributed by atoms with van der Waals surface area (Å²) in [5.74, 6) is 0.543. The number of hydrogen-bond donors (Lipinski definition) is 1. The van der Waals surface area contributed by atoms with E-state index in [-0.39, 0.29) is 17.9 Å². The molecule has 142 valence electrons. The van der Waals surface area contributed by atoms with Gasteiger partial charge in [-0.15, -0.1) is 0 Å². The molecular weight excluding hydrogens is 330 g/mol. The van der Waals surface area contributed by atoms with Crippen LogP contribution >= 0.6 is 0 Å². The first-order valence-corrected chi connectivity index (χ1v) is 9.56. The van der Waals surface area contributed by atoms with Crippen LogP contribution < -0.4 is 5.32 Å². The van der Waals surface area contributed by atoms with E-state index in [9.17, 15) is 9.59 Å². The number of carbonyl (C=O) groups excluding carboxylic acids is 2. The van der Waals surface area contributed by atoms with Gasteiger partial charge in [0.25, 0.3) is 0 Å². The Labute approximate surface area is 155 Å². The van der Waals surface area contributed by atoms with E-state index in [1.807, 2.05) is 6.20 Å². The van der Waals surface area contributed by atoms with Crippen molar-refractivity contribution in [2.75, 3.05) is 26.7 Å². The molecule has 0 spiro atoms. The third-order valence-corrected chi connectivity index (χ3v) is 5.50. The topological polar surface area (TPSA) is 78.4 Å². The molecule has 3 rings (SSSR count). The fourth-order valence-electron chi connectivity index (χ4n) is 3.85. The number of carbonyl (C=O) groups is 2. The zero-order chi connectivity index (χ0) is 18.5. The smallest absolute Gasteiger partial charge is 0.243 e. The molecule has 1 atom stereocenters. The monoisotopic (exact) mass is 359 g/mol. The van der Waals surface area contributed by atoms with Crippen LogP contribution in [-0.2, 0) is 22.6 Å². The summed E-state index contributed by atoms with van der Waals surface area (Å²) in [7, 11) is 2.17. The zero-order valence-corrected chi connectivity index (χ0v) is 15.8. The van der Waals surface area contributed by atoms with Crippen molar-refractivity contribution in [1.29, 1.82) is 0 Å². The minimum absolute atomic E-state index is 0.0410. The summed E-state index contributed by atoms with van der Waals surface area (Å²) in [5, 5.41) is 2.89. The van der Waals surface area contributed by atoms with E-state index < -0.39 is 0 Å². The predicted molar refractivity (Wildman–Crippen MR) is 98.2 cm³/mol. The predicted octanol–water partition coefficient (Wildman–Crippen LogP) is 0.988. The van der Waals surface area contributed by atoms with Gasteiger partial charge in [0, 0.05) is 19.7 Å². The lowest BCUT2D eigenvalue weighted by Gasteiger charge is -2.28. The Morgan fingerprint density at radius 2 is 1.81 bits per heavy atom. The van der Waals surface area contributed by atoms with E-state index in [1.165, 1.54) is 19.8 Å². The van der Waals surface area contributed by atoms with Crippen molar-refractivity contribution >= 4 is 11.8 Å². The van der Waals surface area contributed by atoms with Crippen LogP contribution in [-0.4, -0.2) is 64.3 Å². The van der Waals surface area contributed by atoms with Gasteiger partial charge in [0.2, 0.25) is 11.8 Å². The maximum Gasteiger partial charge on any atom is 0.243 e. The number of aromatic nitrogens is 2. The molecule has 2 aliphatic heterocycles. The Kier molecular flexibility index (Phi) is 6.19. The van der Waals surface area contributed by atoms with Gasteiger partial charge >= 0.3 is 0 Å².